The van der Waals surface area contributed by atoms with Gasteiger partial charge in [0.05, 0.1) is 10.3 Å². The molecule has 1 saturated heterocycles. The summed E-state index contributed by atoms with van der Waals surface area (Å²) in [7, 11) is 0. The van der Waals surface area contributed by atoms with E-state index in [0.29, 0.717) is 24.2 Å². The fraction of sp³-hybridized carbons (Fsp3) is 0.462. The van der Waals surface area contributed by atoms with E-state index >= 15 is 0 Å². The van der Waals surface area contributed by atoms with Crippen molar-refractivity contribution in [2.24, 2.45) is 0 Å². The molecule has 2 rings (SSSR count). The summed E-state index contributed by atoms with van der Waals surface area (Å²) in [6.07, 6.45) is 1.77. The number of benzene rings is 1. The molecule has 0 aromatic heterocycles. The average Bonchev–Trinajstić information content (AvgIpc) is 2.38. The van der Waals surface area contributed by atoms with E-state index in [1.54, 1.807) is 24.0 Å². The van der Waals surface area contributed by atoms with Gasteiger partial charge in [0, 0.05) is 30.3 Å². The number of carbonyl (C=O) groups is 1. The van der Waals surface area contributed by atoms with Crippen LogP contribution in [0, 0.1) is 17.0 Å². The summed E-state index contributed by atoms with van der Waals surface area (Å²) in [5.74, 6) is -0.174. The van der Waals surface area contributed by atoms with Crippen molar-refractivity contribution >= 4 is 23.2 Å². The minimum atomic E-state index is -0.466. The normalized spacial score (nSPS) is 19.3. The summed E-state index contributed by atoms with van der Waals surface area (Å²) in [6, 6.07) is 4.58. The maximum Gasteiger partial charge on any atom is 0.273 e. The number of likely N-dealkylation sites (tertiary alicyclic amines) is 1. The van der Waals surface area contributed by atoms with Crippen molar-refractivity contribution in [3.8, 4) is 0 Å². The number of halogens is 1. The number of nitro groups is 1. The highest BCUT2D eigenvalue weighted by Crippen LogP contribution is 2.24. The van der Waals surface area contributed by atoms with Gasteiger partial charge in [0.2, 0.25) is 0 Å². The average molecular weight is 283 g/mol. The Kier molecular flexibility index (Phi) is 4.04. The molecule has 0 N–H and O–H groups in total. The van der Waals surface area contributed by atoms with Crippen LogP contribution in [0.5, 0.6) is 0 Å². The molecule has 1 aliphatic rings. The molecule has 1 aliphatic heterocycles. The first-order valence-corrected chi connectivity index (χ1v) is 6.61. The summed E-state index contributed by atoms with van der Waals surface area (Å²) >= 11 is 6.06. The van der Waals surface area contributed by atoms with Gasteiger partial charge in [-0.1, -0.05) is 6.07 Å². The first kappa shape index (κ1) is 13.8. The van der Waals surface area contributed by atoms with Crippen LogP contribution in [0.15, 0.2) is 18.2 Å². The molecule has 0 aliphatic carbocycles. The van der Waals surface area contributed by atoms with E-state index in [9.17, 15) is 14.9 Å². The third-order valence-electron chi connectivity index (χ3n) is 3.38. The Morgan fingerprint density at radius 3 is 2.89 bits per heavy atom. The van der Waals surface area contributed by atoms with E-state index in [-0.39, 0.29) is 17.0 Å². The quantitative estimate of drug-likeness (QED) is 0.476. The van der Waals surface area contributed by atoms with Crippen molar-refractivity contribution < 1.29 is 9.72 Å². The zero-order valence-corrected chi connectivity index (χ0v) is 11.4. The third kappa shape index (κ3) is 2.87. The minimum absolute atomic E-state index is 0.0229. The maximum absolute atomic E-state index is 12.4. The third-order valence-corrected chi connectivity index (χ3v) is 3.74. The molecule has 1 aromatic rings. The van der Waals surface area contributed by atoms with Crippen LogP contribution in [0.2, 0.25) is 0 Å². The number of amides is 1. The number of carbonyl (C=O) groups excluding carboxylic acids is 1. The van der Waals surface area contributed by atoms with E-state index in [0.717, 1.165) is 12.8 Å². The summed E-state index contributed by atoms with van der Waals surface area (Å²) in [5, 5.41) is 10.9. The first-order valence-electron chi connectivity index (χ1n) is 6.18. The van der Waals surface area contributed by atoms with Gasteiger partial charge in [-0.25, -0.2) is 0 Å². The van der Waals surface area contributed by atoms with E-state index in [1.165, 1.54) is 6.07 Å². The number of piperidine rings is 1. The van der Waals surface area contributed by atoms with Crippen LogP contribution in [0.1, 0.15) is 28.8 Å². The van der Waals surface area contributed by atoms with Crippen LogP contribution in [0.3, 0.4) is 0 Å². The Morgan fingerprint density at radius 2 is 2.26 bits per heavy atom. The molecule has 6 heteroatoms. The van der Waals surface area contributed by atoms with E-state index in [4.69, 9.17) is 11.6 Å². The predicted octanol–water partition coefficient (Wildman–Crippen LogP) is 2.75. The van der Waals surface area contributed by atoms with Gasteiger partial charge in [-0.2, -0.15) is 0 Å². The van der Waals surface area contributed by atoms with Crippen LogP contribution in [0.25, 0.3) is 0 Å². The predicted molar refractivity (Wildman–Crippen MR) is 72.6 cm³/mol. The number of rotatable bonds is 2. The fourth-order valence-electron chi connectivity index (χ4n) is 2.33. The Morgan fingerprint density at radius 1 is 1.53 bits per heavy atom. The topological polar surface area (TPSA) is 63.5 Å². The molecule has 102 valence electrons. The molecule has 1 aromatic carbocycles. The van der Waals surface area contributed by atoms with Crippen molar-refractivity contribution in [3.05, 3.63) is 39.4 Å². The van der Waals surface area contributed by atoms with Gasteiger partial charge in [-0.3, -0.25) is 14.9 Å². The van der Waals surface area contributed by atoms with E-state index in [2.05, 4.69) is 0 Å². The summed E-state index contributed by atoms with van der Waals surface area (Å²) < 4.78 is 0. The molecule has 5 nitrogen and oxygen atoms in total. The SMILES string of the molecule is Cc1c(C(=O)N2CCCC(Cl)C2)cccc1[N+](=O)[O-]. The lowest BCUT2D eigenvalue weighted by molar-refractivity contribution is -0.385. The maximum atomic E-state index is 12.4. The largest absolute Gasteiger partial charge is 0.337 e. The summed E-state index contributed by atoms with van der Waals surface area (Å²) in [6.45, 7) is 2.76. The summed E-state index contributed by atoms with van der Waals surface area (Å²) in [5.41, 5.74) is 0.777. The zero-order chi connectivity index (χ0) is 14.0. The van der Waals surface area contributed by atoms with Crippen molar-refractivity contribution in [3.63, 3.8) is 0 Å². The number of hydrogen-bond acceptors (Lipinski definition) is 3. The van der Waals surface area contributed by atoms with Gasteiger partial charge in [-0.15, -0.1) is 11.6 Å². The van der Waals surface area contributed by atoms with Crippen molar-refractivity contribution in [2.45, 2.75) is 25.1 Å². The fourth-order valence-corrected chi connectivity index (χ4v) is 2.65. The molecular formula is C13H15ClN2O3. The highest BCUT2D eigenvalue weighted by Gasteiger charge is 2.26. The highest BCUT2D eigenvalue weighted by atomic mass is 35.5. The van der Waals surface area contributed by atoms with Gasteiger partial charge < -0.3 is 4.90 Å². The molecule has 19 heavy (non-hydrogen) atoms. The Bertz CT molecular complexity index is 519. The van der Waals surface area contributed by atoms with Crippen LogP contribution < -0.4 is 0 Å². The van der Waals surface area contributed by atoms with E-state index < -0.39 is 4.92 Å². The van der Waals surface area contributed by atoms with Crippen LogP contribution in [-0.4, -0.2) is 34.2 Å². The molecule has 1 heterocycles. The second-order valence-corrected chi connectivity index (χ2v) is 5.31. The first-order chi connectivity index (χ1) is 9.00. The van der Waals surface area contributed by atoms with Gasteiger partial charge in [0.15, 0.2) is 0 Å². The van der Waals surface area contributed by atoms with Crippen molar-refractivity contribution in [2.75, 3.05) is 13.1 Å². The van der Waals surface area contributed by atoms with Crippen molar-refractivity contribution in [1.29, 1.82) is 0 Å². The van der Waals surface area contributed by atoms with Gasteiger partial charge in [0.25, 0.3) is 11.6 Å². The molecule has 1 fully saturated rings. The molecule has 0 spiro atoms. The highest BCUT2D eigenvalue weighted by molar-refractivity contribution is 6.21. The van der Waals surface area contributed by atoms with Gasteiger partial charge in [0.1, 0.15) is 0 Å². The van der Waals surface area contributed by atoms with Gasteiger partial charge >= 0.3 is 0 Å². The number of nitro benzene ring substituents is 1. The van der Waals surface area contributed by atoms with E-state index in [1.807, 2.05) is 0 Å². The summed E-state index contributed by atoms with van der Waals surface area (Å²) in [4.78, 5) is 24.5. The zero-order valence-electron chi connectivity index (χ0n) is 10.6. The monoisotopic (exact) mass is 282 g/mol. The lowest BCUT2D eigenvalue weighted by Gasteiger charge is -2.30. The molecule has 1 amide bonds. The second-order valence-electron chi connectivity index (χ2n) is 4.70. The van der Waals surface area contributed by atoms with Crippen LogP contribution in [-0.2, 0) is 0 Å². The van der Waals surface area contributed by atoms with Crippen molar-refractivity contribution in [1.82, 2.24) is 4.90 Å². The molecule has 0 radical (unpaired) electrons. The number of alkyl halides is 1. The molecular weight excluding hydrogens is 268 g/mol. The minimum Gasteiger partial charge on any atom is -0.337 e. The Hall–Kier alpha value is -1.62. The Labute approximate surface area is 116 Å². The molecule has 1 atom stereocenters. The van der Waals surface area contributed by atoms with Gasteiger partial charge in [-0.05, 0) is 25.8 Å². The number of hydrogen-bond donors (Lipinski definition) is 0. The molecule has 0 bridgehead atoms. The lowest BCUT2D eigenvalue weighted by atomic mass is 10.0. The standard InChI is InChI=1S/C13H15ClN2O3/c1-9-11(5-2-6-12(9)16(18)19)13(17)15-7-3-4-10(14)8-15/h2,5-6,10H,3-4,7-8H2,1H3. The second kappa shape index (κ2) is 5.57. The smallest absolute Gasteiger partial charge is 0.273 e. The molecule has 0 saturated carbocycles. The lowest BCUT2D eigenvalue weighted by Crippen LogP contribution is -2.40. The number of nitrogens with zero attached hydrogens (tertiary/aromatic N) is 2. The Balaban J connectivity index is 2.28. The molecule has 1 unspecified atom stereocenters. The van der Waals surface area contributed by atoms with Crippen LogP contribution in [0.4, 0.5) is 5.69 Å². The van der Waals surface area contributed by atoms with Crippen LogP contribution >= 0.6 is 11.6 Å².